The second-order valence-corrected chi connectivity index (χ2v) is 8.04. The van der Waals surface area contributed by atoms with Crippen molar-refractivity contribution in [2.75, 3.05) is 43.1 Å². The molecule has 1 aromatic carbocycles. The zero-order valence-electron chi connectivity index (χ0n) is 17.2. The Hall–Kier alpha value is -1.26. The van der Waals surface area contributed by atoms with Crippen LogP contribution in [0.4, 0.5) is 11.4 Å². The Kier molecular flexibility index (Phi) is 8.28. The normalized spacial score (nSPS) is 18.9. The van der Waals surface area contributed by atoms with Crippen molar-refractivity contribution in [2.24, 2.45) is 0 Å². The molecule has 27 heavy (non-hydrogen) atoms. The lowest BCUT2D eigenvalue weighted by Crippen LogP contribution is -2.45. The van der Waals surface area contributed by atoms with Crippen molar-refractivity contribution in [3.8, 4) is 0 Å². The van der Waals surface area contributed by atoms with E-state index in [4.69, 9.17) is 9.47 Å². The number of anilines is 2. The van der Waals surface area contributed by atoms with Gasteiger partial charge in [0.15, 0.2) is 5.79 Å². The summed E-state index contributed by atoms with van der Waals surface area (Å²) in [6.07, 6.45) is 12.9. The number of ether oxygens (including phenoxy) is 2. The average molecular weight is 375 g/mol. The van der Waals surface area contributed by atoms with Crippen molar-refractivity contribution in [3.63, 3.8) is 0 Å². The lowest BCUT2D eigenvalue weighted by atomic mass is 10.0. The van der Waals surface area contributed by atoms with Crippen LogP contribution in [-0.2, 0) is 9.47 Å². The van der Waals surface area contributed by atoms with Crippen LogP contribution in [0.1, 0.15) is 71.1 Å². The fourth-order valence-corrected chi connectivity index (χ4v) is 4.17. The number of nitrogens with one attached hydrogen (secondary N) is 1. The zero-order chi connectivity index (χ0) is 18.8. The number of benzene rings is 1. The Labute approximate surface area is 165 Å². The second-order valence-electron chi connectivity index (χ2n) is 8.04. The number of rotatable bonds is 11. The number of hydrogen-bond donors (Lipinski definition) is 1. The summed E-state index contributed by atoms with van der Waals surface area (Å²) in [6, 6.07) is 8.91. The third-order valence-corrected chi connectivity index (χ3v) is 5.93. The van der Waals surface area contributed by atoms with Crippen molar-refractivity contribution >= 4 is 11.4 Å². The molecule has 2 fully saturated rings. The lowest BCUT2D eigenvalue weighted by Gasteiger charge is -2.38. The minimum absolute atomic E-state index is 0.284. The van der Waals surface area contributed by atoms with Crippen molar-refractivity contribution in [1.29, 1.82) is 0 Å². The molecule has 152 valence electrons. The third-order valence-electron chi connectivity index (χ3n) is 5.93. The van der Waals surface area contributed by atoms with Gasteiger partial charge in [-0.2, -0.15) is 0 Å². The van der Waals surface area contributed by atoms with Crippen LogP contribution in [0, 0.1) is 0 Å². The number of piperidine rings is 1. The summed E-state index contributed by atoms with van der Waals surface area (Å²) in [4.78, 5) is 2.44. The van der Waals surface area contributed by atoms with Gasteiger partial charge in [-0.3, -0.25) is 0 Å². The highest BCUT2D eigenvalue weighted by molar-refractivity contribution is 5.55. The van der Waals surface area contributed by atoms with Crippen LogP contribution < -0.4 is 10.2 Å². The van der Waals surface area contributed by atoms with Crippen molar-refractivity contribution in [1.82, 2.24) is 0 Å². The van der Waals surface area contributed by atoms with Crippen LogP contribution in [0.5, 0.6) is 0 Å². The molecule has 2 saturated heterocycles. The van der Waals surface area contributed by atoms with Gasteiger partial charge in [0, 0.05) is 43.9 Å². The summed E-state index contributed by atoms with van der Waals surface area (Å²) in [7, 11) is 0. The monoisotopic (exact) mass is 374 g/mol. The minimum Gasteiger partial charge on any atom is -0.385 e. The van der Waals surface area contributed by atoms with E-state index < -0.39 is 0 Å². The molecular weight excluding hydrogens is 336 g/mol. The predicted octanol–water partition coefficient (Wildman–Crippen LogP) is 5.58. The average Bonchev–Trinajstić information content (AvgIpc) is 3.16. The maximum absolute atomic E-state index is 5.82. The molecular formula is C23H38N2O2. The third kappa shape index (κ3) is 6.39. The number of unbranched alkanes of at least 4 members (excludes halogenated alkanes) is 7. The Bertz CT molecular complexity index is 516. The standard InChI is InChI=1S/C23H38N2O2/c1-2-3-4-5-6-7-8-9-16-24-21-10-12-22(13-11-21)25-17-14-23(15-18-25)26-19-20-27-23/h10-13,24H,2-9,14-20H2,1H3. The molecule has 1 N–H and O–H groups in total. The van der Waals surface area contributed by atoms with E-state index in [2.05, 4.69) is 41.4 Å². The zero-order valence-corrected chi connectivity index (χ0v) is 17.2. The highest BCUT2D eigenvalue weighted by Crippen LogP contribution is 2.33. The Balaban J connectivity index is 1.29. The highest BCUT2D eigenvalue weighted by atomic mass is 16.7. The maximum Gasteiger partial charge on any atom is 0.171 e. The SMILES string of the molecule is CCCCCCCCCCNc1ccc(N2CCC3(CC2)OCCO3)cc1. The van der Waals surface area contributed by atoms with E-state index in [0.717, 1.165) is 45.7 Å². The molecule has 0 radical (unpaired) electrons. The van der Waals surface area contributed by atoms with Crippen LogP contribution in [0.2, 0.25) is 0 Å². The van der Waals surface area contributed by atoms with E-state index in [1.54, 1.807) is 0 Å². The van der Waals surface area contributed by atoms with Gasteiger partial charge in [-0.05, 0) is 30.7 Å². The van der Waals surface area contributed by atoms with Gasteiger partial charge < -0.3 is 19.7 Å². The topological polar surface area (TPSA) is 33.7 Å². The molecule has 0 unspecified atom stereocenters. The van der Waals surface area contributed by atoms with E-state index in [1.807, 2.05) is 0 Å². The lowest BCUT2D eigenvalue weighted by molar-refractivity contribution is -0.169. The molecule has 0 aliphatic carbocycles. The molecule has 0 amide bonds. The first-order valence-electron chi connectivity index (χ1n) is 11.2. The van der Waals surface area contributed by atoms with E-state index in [9.17, 15) is 0 Å². The summed E-state index contributed by atoms with van der Waals surface area (Å²) < 4.78 is 11.6. The summed E-state index contributed by atoms with van der Waals surface area (Å²) in [5, 5.41) is 3.57. The quantitative estimate of drug-likeness (QED) is 0.513. The molecule has 1 spiro atoms. The Morgan fingerprint density at radius 1 is 0.852 bits per heavy atom. The summed E-state index contributed by atoms with van der Waals surface area (Å²) in [5.74, 6) is -0.284. The number of nitrogens with zero attached hydrogens (tertiary/aromatic N) is 1. The molecule has 3 rings (SSSR count). The number of hydrogen-bond acceptors (Lipinski definition) is 4. The van der Waals surface area contributed by atoms with Crippen LogP contribution in [-0.4, -0.2) is 38.6 Å². The Morgan fingerprint density at radius 2 is 1.44 bits per heavy atom. The first kappa shape index (κ1) is 20.5. The molecule has 0 aromatic heterocycles. The van der Waals surface area contributed by atoms with Crippen LogP contribution in [0.25, 0.3) is 0 Å². The van der Waals surface area contributed by atoms with E-state index in [1.165, 1.54) is 62.7 Å². The minimum atomic E-state index is -0.284. The fourth-order valence-electron chi connectivity index (χ4n) is 4.17. The Morgan fingerprint density at radius 3 is 2.07 bits per heavy atom. The molecule has 2 aliphatic heterocycles. The molecule has 0 bridgehead atoms. The molecule has 4 heteroatoms. The van der Waals surface area contributed by atoms with Gasteiger partial charge >= 0.3 is 0 Å². The van der Waals surface area contributed by atoms with Gasteiger partial charge in [0.2, 0.25) is 0 Å². The van der Waals surface area contributed by atoms with Gasteiger partial charge in [0.05, 0.1) is 13.2 Å². The smallest absolute Gasteiger partial charge is 0.171 e. The van der Waals surface area contributed by atoms with E-state index in [0.29, 0.717) is 0 Å². The molecule has 0 saturated carbocycles. The van der Waals surface area contributed by atoms with Crippen LogP contribution in [0.15, 0.2) is 24.3 Å². The van der Waals surface area contributed by atoms with Crippen molar-refractivity contribution in [2.45, 2.75) is 76.9 Å². The molecule has 0 atom stereocenters. The van der Waals surface area contributed by atoms with E-state index in [-0.39, 0.29) is 5.79 Å². The summed E-state index contributed by atoms with van der Waals surface area (Å²) in [5.41, 5.74) is 2.54. The predicted molar refractivity (Wildman–Crippen MR) is 114 cm³/mol. The maximum atomic E-state index is 5.82. The van der Waals surface area contributed by atoms with Crippen LogP contribution >= 0.6 is 0 Å². The van der Waals surface area contributed by atoms with Gasteiger partial charge in [-0.1, -0.05) is 51.9 Å². The molecule has 1 aromatic rings. The first-order chi connectivity index (χ1) is 13.3. The second kappa shape index (κ2) is 10.9. The van der Waals surface area contributed by atoms with Gasteiger partial charge in [0.25, 0.3) is 0 Å². The van der Waals surface area contributed by atoms with Crippen molar-refractivity contribution < 1.29 is 9.47 Å². The first-order valence-corrected chi connectivity index (χ1v) is 11.2. The fraction of sp³-hybridized carbons (Fsp3) is 0.739. The highest BCUT2D eigenvalue weighted by Gasteiger charge is 2.39. The van der Waals surface area contributed by atoms with Crippen molar-refractivity contribution in [3.05, 3.63) is 24.3 Å². The molecule has 2 aliphatic rings. The largest absolute Gasteiger partial charge is 0.385 e. The van der Waals surface area contributed by atoms with Crippen LogP contribution in [0.3, 0.4) is 0 Å². The summed E-state index contributed by atoms with van der Waals surface area (Å²) >= 11 is 0. The van der Waals surface area contributed by atoms with E-state index >= 15 is 0 Å². The van der Waals surface area contributed by atoms with Gasteiger partial charge in [-0.15, -0.1) is 0 Å². The summed E-state index contributed by atoms with van der Waals surface area (Å²) in [6.45, 7) is 6.86. The molecule has 4 nitrogen and oxygen atoms in total. The van der Waals surface area contributed by atoms with Gasteiger partial charge in [-0.25, -0.2) is 0 Å². The molecule has 2 heterocycles. The van der Waals surface area contributed by atoms with Gasteiger partial charge in [0.1, 0.15) is 0 Å².